The Morgan fingerprint density at radius 1 is 0.441 bits per heavy atom. The molecule has 0 N–H and O–H groups in total. The Balaban J connectivity index is 1.66. The van der Waals surface area contributed by atoms with Gasteiger partial charge in [0.25, 0.3) is 0 Å². The summed E-state index contributed by atoms with van der Waals surface area (Å²) in [4.78, 5) is 0. The second-order valence-electron chi connectivity index (χ2n) is 9.80. The monoisotopic (exact) mass is 478 g/mol. The van der Waals surface area contributed by atoms with E-state index in [1.165, 1.54) is 64.2 Å². The Kier molecular flexibility index (Phi) is 10.8. The first-order valence-corrected chi connectivity index (χ1v) is 15.9. The normalized spacial score (nSPS) is 12.8. The molecule has 3 aromatic carbocycles. The summed E-state index contributed by atoms with van der Waals surface area (Å²) < 4.78 is 18.3. The molecule has 0 heterocycles. The van der Waals surface area contributed by atoms with E-state index in [1.54, 1.807) is 0 Å². The van der Waals surface area contributed by atoms with Crippen LogP contribution < -0.4 is 15.9 Å². The predicted octanol–water partition coefficient (Wildman–Crippen LogP) is 9.10. The molecule has 3 rings (SSSR count). The molecule has 0 bridgehead atoms. The summed E-state index contributed by atoms with van der Waals surface area (Å²) in [5.41, 5.74) is 0. The average Bonchev–Trinajstić information content (AvgIpc) is 2.91. The number of rotatable bonds is 16. The van der Waals surface area contributed by atoms with Crippen LogP contribution in [0.5, 0.6) is 0 Å². The van der Waals surface area contributed by atoms with Crippen LogP contribution in [0.1, 0.15) is 84.0 Å². The van der Waals surface area contributed by atoms with Crippen LogP contribution >= 0.6 is 6.91 Å². The van der Waals surface area contributed by atoms with E-state index in [4.69, 9.17) is 0 Å². The van der Waals surface area contributed by atoms with Gasteiger partial charge in [0, 0.05) is 0 Å². The SMILES string of the molecule is CCCCCCCCCCCCCCP(F)(c1ccccc1)(c1ccccc1)c1ccccc1. The zero-order valence-corrected chi connectivity index (χ0v) is 22.1. The van der Waals surface area contributed by atoms with E-state index in [0.29, 0.717) is 6.16 Å². The van der Waals surface area contributed by atoms with Crippen molar-refractivity contribution in [1.82, 2.24) is 0 Å². The summed E-state index contributed by atoms with van der Waals surface area (Å²) in [5, 5.41) is 2.57. The zero-order chi connectivity index (χ0) is 24.0. The van der Waals surface area contributed by atoms with Gasteiger partial charge in [0.1, 0.15) is 0 Å². The van der Waals surface area contributed by atoms with Gasteiger partial charge in [0.05, 0.1) is 0 Å². The van der Waals surface area contributed by atoms with Gasteiger partial charge < -0.3 is 0 Å². The number of halogens is 1. The van der Waals surface area contributed by atoms with Crippen LogP contribution in [0, 0.1) is 0 Å². The van der Waals surface area contributed by atoms with Crippen LogP contribution in [0.3, 0.4) is 0 Å². The van der Waals surface area contributed by atoms with Crippen molar-refractivity contribution >= 4 is 22.8 Å². The van der Waals surface area contributed by atoms with Crippen molar-refractivity contribution in [2.75, 3.05) is 6.16 Å². The fraction of sp³-hybridized carbons (Fsp3) is 0.438. The van der Waals surface area contributed by atoms with Gasteiger partial charge in [-0.15, -0.1) is 0 Å². The van der Waals surface area contributed by atoms with Crippen molar-refractivity contribution in [3.05, 3.63) is 91.0 Å². The third kappa shape index (κ3) is 6.57. The van der Waals surface area contributed by atoms with E-state index in [1.807, 2.05) is 91.0 Å². The molecule has 184 valence electrons. The Morgan fingerprint density at radius 2 is 0.735 bits per heavy atom. The van der Waals surface area contributed by atoms with Crippen molar-refractivity contribution in [1.29, 1.82) is 0 Å². The molecule has 0 aliphatic rings. The zero-order valence-electron chi connectivity index (χ0n) is 21.2. The molecule has 0 aromatic heterocycles. The molecule has 0 unspecified atom stereocenters. The Labute approximate surface area is 208 Å². The number of unbranched alkanes of at least 4 members (excludes halogenated alkanes) is 11. The Bertz CT molecular complexity index is 824. The van der Waals surface area contributed by atoms with Crippen LogP contribution in [0.2, 0.25) is 0 Å². The van der Waals surface area contributed by atoms with Gasteiger partial charge >= 0.3 is 195 Å². The molecule has 0 saturated carbocycles. The predicted molar refractivity (Wildman–Crippen MR) is 152 cm³/mol. The molecule has 0 saturated heterocycles. The summed E-state index contributed by atoms with van der Waals surface area (Å²) in [5.74, 6) is 0. The quantitative estimate of drug-likeness (QED) is 0.142. The molecule has 0 amide bonds. The van der Waals surface area contributed by atoms with Crippen LogP contribution in [0.4, 0.5) is 4.20 Å². The van der Waals surface area contributed by atoms with Gasteiger partial charge in [-0.1, -0.05) is 13.3 Å². The molecule has 2 heteroatoms. The summed E-state index contributed by atoms with van der Waals surface area (Å²) in [7, 11) is 0. The molecular formula is C32H44FP. The minimum atomic E-state index is -4.03. The second kappa shape index (κ2) is 13.8. The fourth-order valence-corrected chi connectivity index (χ4v) is 10.2. The van der Waals surface area contributed by atoms with E-state index in [-0.39, 0.29) is 0 Å². The molecule has 0 radical (unpaired) electrons. The van der Waals surface area contributed by atoms with Crippen molar-refractivity contribution in [3.63, 3.8) is 0 Å². The van der Waals surface area contributed by atoms with E-state index in [9.17, 15) is 0 Å². The van der Waals surface area contributed by atoms with Crippen molar-refractivity contribution in [3.8, 4) is 0 Å². The van der Waals surface area contributed by atoms with Gasteiger partial charge in [0.15, 0.2) is 0 Å². The molecule has 0 fully saturated rings. The molecule has 0 spiro atoms. The minimum absolute atomic E-state index is 0.584. The molecule has 0 aliphatic heterocycles. The van der Waals surface area contributed by atoms with E-state index in [0.717, 1.165) is 28.8 Å². The maximum absolute atomic E-state index is 18.3. The third-order valence-corrected chi connectivity index (χ3v) is 12.6. The van der Waals surface area contributed by atoms with Crippen LogP contribution in [-0.4, -0.2) is 6.16 Å². The standard InChI is InChI=1S/C32H44FP/c1-2-3-4-5-6-7-8-9-10-11-12-22-29-34(33,30-23-16-13-17-24-30,31-25-18-14-19-26-31)32-27-20-15-21-28-32/h13-21,23-28H,2-12,22,29H2,1H3. The maximum atomic E-state index is 18.3. The van der Waals surface area contributed by atoms with E-state index < -0.39 is 6.91 Å². The van der Waals surface area contributed by atoms with Gasteiger partial charge in [-0.05, 0) is 0 Å². The molecule has 0 nitrogen and oxygen atoms in total. The van der Waals surface area contributed by atoms with Crippen LogP contribution in [0.15, 0.2) is 91.0 Å². The van der Waals surface area contributed by atoms with Crippen molar-refractivity contribution < 1.29 is 4.20 Å². The summed E-state index contributed by atoms with van der Waals surface area (Å²) >= 11 is 0. The van der Waals surface area contributed by atoms with Gasteiger partial charge in [-0.2, -0.15) is 0 Å². The summed E-state index contributed by atoms with van der Waals surface area (Å²) in [6.07, 6.45) is 16.0. The van der Waals surface area contributed by atoms with Crippen molar-refractivity contribution in [2.45, 2.75) is 84.0 Å². The molecule has 3 aromatic rings. The summed E-state index contributed by atoms with van der Waals surface area (Å²) in [6, 6.07) is 30.0. The van der Waals surface area contributed by atoms with Crippen LogP contribution in [0.25, 0.3) is 0 Å². The summed E-state index contributed by atoms with van der Waals surface area (Å²) in [6.45, 7) is -1.76. The van der Waals surface area contributed by atoms with Gasteiger partial charge in [0.2, 0.25) is 0 Å². The Morgan fingerprint density at radius 3 is 1.06 bits per heavy atom. The second-order valence-corrected chi connectivity index (χ2v) is 14.2. The number of benzene rings is 3. The van der Waals surface area contributed by atoms with E-state index >= 15 is 4.20 Å². The third-order valence-electron chi connectivity index (χ3n) is 7.32. The van der Waals surface area contributed by atoms with Crippen LogP contribution in [-0.2, 0) is 0 Å². The molecule has 0 aliphatic carbocycles. The average molecular weight is 479 g/mol. The first-order valence-electron chi connectivity index (χ1n) is 13.6. The topological polar surface area (TPSA) is 0 Å². The van der Waals surface area contributed by atoms with Gasteiger partial charge in [-0.3, -0.25) is 0 Å². The first kappa shape index (κ1) is 26.6. The van der Waals surface area contributed by atoms with E-state index in [2.05, 4.69) is 6.92 Å². The number of hydrogen-bond acceptors (Lipinski definition) is 0. The first-order chi connectivity index (χ1) is 16.7. The van der Waals surface area contributed by atoms with Gasteiger partial charge in [-0.25, -0.2) is 0 Å². The molecular weight excluding hydrogens is 434 g/mol. The molecule has 0 atom stereocenters. The molecule has 34 heavy (non-hydrogen) atoms. The van der Waals surface area contributed by atoms with Crippen molar-refractivity contribution in [2.24, 2.45) is 0 Å². The number of hydrogen-bond donors (Lipinski definition) is 0. The Hall–Kier alpha value is -1.98. The fourth-order valence-electron chi connectivity index (χ4n) is 5.30.